The number of amides is 1. The van der Waals surface area contributed by atoms with Gasteiger partial charge in [-0.25, -0.2) is 9.97 Å². The molecule has 0 saturated carbocycles. The van der Waals surface area contributed by atoms with E-state index in [1.54, 1.807) is 30.3 Å². The van der Waals surface area contributed by atoms with Gasteiger partial charge in [0.1, 0.15) is 5.82 Å². The van der Waals surface area contributed by atoms with E-state index in [1.165, 1.54) is 11.3 Å². The summed E-state index contributed by atoms with van der Waals surface area (Å²) in [6, 6.07) is 13.4. The predicted molar refractivity (Wildman–Crippen MR) is 99.8 cm³/mol. The van der Waals surface area contributed by atoms with E-state index in [1.807, 2.05) is 35.7 Å². The molecule has 0 saturated heterocycles. The Morgan fingerprint density at radius 3 is 2.68 bits per heavy atom. The maximum Gasteiger partial charge on any atom is 0.255 e. The summed E-state index contributed by atoms with van der Waals surface area (Å²) in [5.41, 5.74) is 8.02. The van der Waals surface area contributed by atoms with Gasteiger partial charge in [0.25, 0.3) is 5.91 Å². The molecule has 3 N–H and O–H groups in total. The largest absolute Gasteiger partial charge is 0.337 e. The highest BCUT2D eigenvalue weighted by molar-refractivity contribution is 7.13. The molecule has 0 aliphatic heterocycles. The van der Waals surface area contributed by atoms with Crippen molar-refractivity contribution in [3.05, 3.63) is 70.9 Å². The number of carbonyl (C=O) groups is 1. The number of aromatic nitrogens is 2. The van der Waals surface area contributed by atoms with Gasteiger partial charge in [-0.1, -0.05) is 30.3 Å². The van der Waals surface area contributed by atoms with E-state index < -0.39 is 0 Å². The third-order valence-electron chi connectivity index (χ3n) is 3.62. The molecule has 2 heterocycles. The highest BCUT2D eigenvalue weighted by Crippen LogP contribution is 2.19. The quantitative estimate of drug-likeness (QED) is 0.712. The van der Waals surface area contributed by atoms with Crippen LogP contribution in [0.4, 0.5) is 10.9 Å². The smallest absolute Gasteiger partial charge is 0.255 e. The number of benzene rings is 1. The van der Waals surface area contributed by atoms with Crippen LogP contribution in [0.5, 0.6) is 0 Å². The van der Waals surface area contributed by atoms with Gasteiger partial charge >= 0.3 is 0 Å². The first-order chi connectivity index (χ1) is 12.2. The summed E-state index contributed by atoms with van der Waals surface area (Å²) in [7, 11) is 1.78. The van der Waals surface area contributed by atoms with Gasteiger partial charge in [-0.2, -0.15) is 0 Å². The van der Waals surface area contributed by atoms with Gasteiger partial charge in [-0.15, -0.1) is 11.3 Å². The topological polar surface area (TPSA) is 84.1 Å². The van der Waals surface area contributed by atoms with E-state index in [9.17, 15) is 4.79 Å². The molecule has 0 aliphatic rings. The van der Waals surface area contributed by atoms with Crippen LogP contribution in [-0.4, -0.2) is 27.8 Å². The lowest BCUT2D eigenvalue weighted by Crippen LogP contribution is -2.26. The zero-order valence-corrected chi connectivity index (χ0v) is 14.7. The Labute approximate surface area is 150 Å². The summed E-state index contributed by atoms with van der Waals surface area (Å²) in [5, 5.41) is 5.74. The third-order valence-corrected chi connectivity index (χ3v) is 4.42. The lowest BCUT2D eigenvalue weighted by molar-refractivity contribution is 0.0784. The standard InChI is InChI=1S/C18H19N5OS/c1-23(11-13-5-3-2-4-6-13)17(24)14-7-8-16(20-10-14)22-18-21-15(9-19)12-25-18/h2-8,10,12H,9,11,19H2,1H3,(H,20,21,22). The van der Waals surface area contributed by atoms with Crippen LogP contribution in [0.15, 0.2) is 54.0 Å². The fourth-order valence-corrected chi connectivity index (χ4v) is 3.04. The highest BCUT2D eigenvalue weighted by Gasteiger charge is 2.12. The summed E-state index contributed by atoms with van der Waals surface area (Å²) in [6.45, 7) is 0.966. The van der Waals surface area contributed by atoms with E-state index in [4.69, 9.17) is 5.73 Å². The number of rotatable bonds is 6. The van der Waals surface area contributed by atoms with Gasteiger partial charge in [-0.05, 0) is 17.7 Å². The van der Waals surface area contributed by atoms with Gasteiger partial charge < -0.3 is 16.0 Å². The monoisotopic (exact) mass is 353 g/mol. The van der Waals surface area contributed by atoms with Crippen LogP contribution in [0.25, 0.3) is 0 Å². The average Bonchev–Trinajstić information content (AvgIpc) is 3.10. The molecule has 0 spiro atoms. The van der Waals surface area contributed by atoms with Crippen LogP contribution >= 0.6 is 11.3 Å². The Balaban J connectivity index is 1.63. The minimum absolute atomic E-state index is 0.0671. The maximum absolute atomic E-state index is 12.5. The lowest BCUT2D eigenvalue weighted by atomic mass is 10.2. The molecule has 0 atom stereocenters. The van der Waals surface area contributed by atoms with E-state index in [0.717, 1.165) is 16.4 Å². The van der Waals surface area contributed by atoms with Gasteiger partial charge in [0, 0.05) is 31.7 Å². The summed E-state index contributed by atoms with van der Waals surface area (Å²) in [6.07, 6.45) is 1.57. The number of nitrogens with two attached hydrogens (primary N) is 1. The van der Waals surface area contributed by atoms with Gasteiger partial charge in [0.15, 0.2) is 5.13 Å². The van der Waals surface area contributed by atoms with Crippen LogP contribution in [-0.2, 0) is 13.1 Å². The Bertz CT molecular complexity index is 832. The zero-order chi connectivity index (χ0) is 17.6. The molecular formula is C18H19N5OS. The molecular weight excluding hydrogens is 334 g/mol. The molecule has 0 radical (unpaired) electrons. The SMILES string of the molecule is CN(Cc1ccccc1)C(=O)c1ccc(Nc2nc(CN)cs2)nc1. The van der Waals surface area contributed by atoms with E-state index in [0.29, 0.717) is 24.5 Å². The second-order valence-electron chi connectivity index (χ2n) is 5.55. The molecule has 25 heavy (non-hydrogen) atoms. The molecule has 1 aromatic carbocycles. The third kappa shape index (κ3) is 4.40. The van der Waals surface area contributed by atoms with Crippen molar-refractivity contribution in [1.82, 2.24) is 14.9 Å². The zero-order valence-electron chi connectivity index (χ0n) is 13.8. The summed E-state index contributed by atoms with van der Waals surface area (Å²) < 4.78 is 0. The molecule has 0 aliphatic carbocycles. The Hall–Kier alpha value is -2.77. The molecule has 3 rings (SSSR count). The van der Waals surface area contributed by atoms with E-state index >= 15 is 0 Å². The fraction of sp³-hybridized carbons (Fsp3) is 0.167. The number of hydrogen-bond acceptors (Lipinski definition) is 6. The molecule has 7 heteroatoms. The minimum Gasteiger partial charge on any atom is -0.337 e. The van der Waals surface area contributed by atoms with Crippen molar-refractivity contribution in [3.8, 4) is 0 Å². The van der Waals surface area contributed by atoms with Crippen LogP contribution in [0, 0.1) is 0 Å². The predicted octanol–water partition coefficient (Wildman–Crippen LogP) is 3.01. The number of hydrogen-bond donors (Lipinski definition) is 2. The molecule has 1 amide bonds. The number of thiazole rings is 1. The summed E-state index contributed by atoms with van der Waals surface area (Å²) in [4.78, 5) is 22.8. The molecule has 0 unspecified atom stereocenters. The summed E-state index contributed by atoms with van der Waals surface area (Å²) in [5.74, 6) is 0.572. The van der Waals surface area contributed by atoms with Gasteiger partial charge in [0.05, 0.1) is 11.3 Å². The first-order valence-electron chi connectivity index (χ1n) is 7.82. The Morgan fingerprint density at radius 2 is 2.04 bits per heavy atom. The van der Waals surface area contributed by atoms with Crippen molar-refractivity contribution in [2.24, 2.45) is 5.73 Å². The lowest BCUT2D eigenvalue weighted by Gasteiger charge is -2.17. The van der Waals surface area contributed by atoms with E-state index in [2.05, 4.69) is 15.3 Å². The van der Waals surface area contributed by atoms with Crippen LogP contribution < -0.4 is 11.1 Å². The average molecular weight is 353 g/mol. The Morgan fingerprint density at radius 1 is 1.24 bits per heavy atom. The van der Waals surface area contributed by atoms with Crippen molar-refractivity contribution in [2.45, 2.75) is 13.1 Å². The fourth-order valence-electron chi connectivity index (χ4n) is 2.31. The van der Waals surface area contributed by atoms with E-state index in [-0.39, 0.29) is 5.91 Å². The highest BCUT2D eigenvalue weighted by atomic mass is 32.1. The number of anilines is 2. The number of pyridine rings is 1. The van der Waals surface area contributed by atoms with Crippen LogP contribution in [0.2, 0.25) is 0 Å². The molecule has 0 fully saturated rings. The van der Waals surface area contributed by atoms with Crippen molar-refractivity contribution in [2.75, 3.05) is 12.4 Å². The summed E-state index contributed by atoms with van der Waals surface area (Å²) >= 11 is 1.47. The normalized spacial score (nSPS) is 10.5. The second-order valence-corrected chi connectivity index (χ2v) is 6.41. The van der Waals surface area contributed by atoms with Crippen molar-refractivity contribution in [3.63, 3.8) is 0 Å². The van der Waals surface area contributed by atoms with Crippen molar-refractivity contribution in [1.29, 1.82) is 0 Å². The minimum atomic E-state index is -0.0671. The number of carbonyl (C=O) groups excluding carboxylic acids is 1. The van der Waals surface area contributed by atoms with Crippen LogP contribution in [0.3, 0.4) is 0 Å². The molecule has 128 valence electrons. The number of nitrogens with zero attached hydrogens (tertiary/aromatic N) is 3. The van der Waals surface area contributed by atoms with Gasteiger partial charge in [0.2, 0.25) is 0 Å². The first-order valence-corrected chi connectivity index (χ1v) is 8.70. The van der Waals surface area contributed by atoms with Crippen molar-refractivity contribution >= 4 is 28.2 Å². The molecule has 6 nitrogen and oxygen atoms in total. The second kappa shape index (κ2) is 7.87. The van der Waals surface area contributed by atoms with Crippen molar-refractivity contribution < 1.29 is 4.79 Å². The molecule has 0 bridgehead atoms. The maximum atomic E-state index is 12.5. The Kier molecular flexibility index (Phi) is 5.37. The molecule has 3 aromatic rings. The molecule has 2 aromatic heterocycles. The first kappa shape index (κ1) is 17.1. The van der Waals surface area contributed by atoms with Crippen LogP contribution in [0.1, 0.15) is 21.6 Å². The number of nitrogens with one attached hydrogen (secondary N) is 1. The van der Waals surface area contributed by atoms with Gasteiger partial charge in [-0.3, -0.25) is 4.79 Å².